The predicted octanol–water partition coefficient (Wildman–Crippen LogP) is 2.55. The molecule has 0 aromatic heterocycles. The van der Waals surface area contributed by atoms with Gasteiger partial charge in [0.2, 0.25) is 0 Å². The molecule has 3 heteroatoms. The predicted molar refractivity (Wildman–Crippen MR) is 62.4 cm³/mol. The Morgan fingerprint density at radius 1 is 1.21 bits per heavy atom. The van der Waals surface area contributed by atoms with E-state index in [1.165, 1.54) is 30.4 Å². The van der Waals surface area contributed by atoms with E-state index in [4.69, 9.17) is 5.73 Å². The van der Waals surface area contributed by atoms with Crippen LogP contribution in [0.15, 0.2) is 18.2 Å². The highest BCUT2D eigenvalue weighted by atomic mass is 32.1. The summed E-state index contributed by atoms with van der Waals surface area (Å²) in [6.45, 7) is 0. The van der Waals surface area contributed by atoms with Crippen molar-refractivity contribution in [2.75, 3.05) is 5.32 Å². The van der Waals surface area contributed by atoms with Gasteiger partial charge in [0.15, 0.2) is 5.11 Å². The molecule has 1 aromatic carbocycles. The van der Waals surface area contributed by atoms with Gasteiger partial charge in [0, 0.05) is 5.69 Å². The van der Waals surface area contributed by atoms with E-state index >= 15 is 0 Å². The maximum Gasteiger partial charge on any atom is 0.189 e. The number of hydrogen-bond acceptors (Lipinski definition) is 1. The Bertz CT molecular complexity index is 360. The fraction of sp³-hybridized carbons (Fsp3) is 0.364. The Morgan fingerprint density at radius 3 is 2.64 bits per heavy atom. The van der Waals surface area contributed by atoms with Crippen molar-refractivity contribution in [2.45, 2.75) is 25.7 Å². The number of rotatable bonds is 1. The molecule has 14 heavy (non-hydrogen) atoms. The first-order valence-corrected chi connectivity index (χ1v) is 5.31. The molecule has 2 nitrogen and oxygen atoms in total. The highest BCUT2D eigenvalue weighted by Gasteiger charge is 2.09. The number of nitrogens with one attached hydrogen (secondary N) is 2. The average Bonchev–Trinajstić information content (AvgIpc) is 2.17. The van der Waals surface area contributed by atoms with Crippen molar-refractivity contribution in [3.8, 4) is 0 Å². The Balaban J connectivity index is 2.24. The smallest absolute Gasteiger partial charge is 0.189 e. The molecule has 0 saturated heterocycles. The second-order valence-corrected chi connectivity index (χ2v) is 4.05. The largest absolute Gasteiger partial charge is 0.331 e. The summed E-state index contributed by atoms with van der Waals surface area (Å²) in [4.78, 5) is 0. The van der Waals surface area contributed by atoms with Crippen molar-refractivity contribution in [3.63, 3.8) is 0 Å². The van der Waals surface area contributed by atoms with Crippen LogP contribution in [-0.2, 0) is 12.8 Å². The highest BCUT2D eigenvalue weighted by Crippen LogP contribution is 2.24. The molecule has 1 aromatic rings. The first kappa shape index (κ1) is 9.46. The zero-order valence-electron chi connectivity index (χ0n) is 7.97. The molecule has 1 aliphatic carbocycles. The summed E-state index contributed by atoms with van der Waals surface area (Å²) < 4.78 is 0. The fourth-order valence-corrected chi connectivity index (χ4v) is 2.06. The first-order valence-electron chi connectivity index (χ1n) is 4.90. The zero-order chi connectivity index (χ0) is 9.97. The summed E-state index contributed by atoms with van der Waals surface area (Å²) >= 11 is 4.69. The molecule has 73 valence electrons. The molecule has 0 spiro atoms. The van der Waals surface area contributed by atoms with E-state index in [9.17, 15) is 0 Å². The lowest BCUT2D eigenvalue weighted by molar-refractivity contribution is 0.686. The molecular weight excluding hydrogens is 192 g/mol. The molecule has 0 amide bonds. The van der Waals surface area contributed by atoms with Crippen LogP contribution in [0, 0.1) is 0 Å². The van der Waals surface area contributed by atoms with Crippen molar-refractivity contribution in [1.29, 1.82) is 0 Å². The molecule has 0 bridgehead atoms. The van der Waals surface area contributed by atoms with Crippen LogP contribution in [0.4, 0.5) is 5.69 Å². The number of fused-ring (bicyclic) bond motifs is 1. The summed E-state index contributed by atoms with van der Waals surface area (Å²) in [5, 5.41) is 2.94. The van der Waals surface area contributed by atoms with E-state index in [0.29, 0.717) is 0 Å². The minimum absolute atomic E-state index is 0.0840. The molecule has 2 rings (SSSR count). The van der Waals surface area contributed by atoms with Crippen LogP contribution < -0.4 is 11.1 Å². The van der Waals surface area contributed by atoms with Crippen LogP contribution in [0.3, 0.4) is 0 Å². The van der Waals surface area contributed by atoms with Crippen LogP contribution in [0.1, 0.15) is 24.0 Å². The summed E-state index contributed by atoms with van der Waals surface area (Å²) in [5.41, 5.74) is 11.0. The highest BCUT2D eigenvalue weighted by molar-refractivity contribution is 7.80. The maximum absolute atomic E-state index is 7.18. The first-order chi connectivity index (χ1) is 6.75. The third-order valence-electron chi connectivity index (χ3n) is 2.61. The molecule has 0 atom stereocenters. The normalized spacial score (nSPS) is 14.6. The van der Waals surface area contributed by atoms with Crippen molar-refractivity contribution < 1.29 is 0 Å². The SMILES string of the molecule is [NH]C(=S)Nc1ccc2c(c1)CCCC2. The third kappa shape index (κ3) is 2.04. The lowest BCUT2D eigenvalue weighted by Gasteiger charge is -2.16. The van der Waals surface area contributed by atoms with Crippen LogP contribution in [0.2, 0.25) is 0 Å². The van der Waals surface area contributed by atoms with E-state index in [1.807, 2.05) is 6.07 Å². The van der Waals surface area contributed by atoms with Gasteiger partial charge in [-0.3, -0.25) is 5.73 Å². The van der Waals surface area contributed by atoms with Gasteiger partial charge in [-0.15, -0.1) is 0 Å². The lowest BCUT2D eigenvalue weighted by atomic mass is 9.91. The number of anilines is 1. The van der Waals surface area contributed by atoms with Crippen molar-refractivity contribution >= 4 is 23.0 Å². The van der Waals surface area contributed by atoms with Crippen molar-refractivity contribution in [1.82, 2.24) is 5.73 Å². The summed E-state index contributed by atoms with van der Waals surface area (Å²) in [5.74, 6) is 0. The van der Waals surface area contributed by atoms with Gasteiger partial charge in [-0.1, -0.05) is 6.07 Å². The number of hydrogen-bond donors (Lipinski definition) is 1. The molecule has 1 radical (unpaired) electrons. The van der Waals surface area contributed by atoms with E-state index in [1.54, 1.807) is 0 Å². The van der Waals surface area contributed by atoms with Crippen molar-refractivity contribution in [2.24, 2.45) is 0 Å². The number of thiocarbonyl (C=S) groups is 1. The molecule has 1 aliphatic rings. The second-order valence-electron chi connectivity index (χ2n) is 3.64. The van der Waals surface area contributed by atoms with E-state index < -0.39 is 0 Å². The Hall–Kier alpha value is -1.09. The van der Waals surface area contributed by atoms with E-state index in [2.05, 4.69) is 29.7 Å². The molecular formula is C11H13N2S. The number of benzene rings is 1. The minimum atomic E-state index is 0.0840. The van der Waals surface area contributed by atoms with Crippen molar-refractivity contribution in [3.05, 3.63) is 29.3 Å². The Kier molecular flexibility index (Phi) is 2.68. The lowest BCUT2D eigenvalue weighted by Crippen LogP contribution is -2.10. The van der Waals surface area contributed by atoms with Gasteiger partial charge >= 0.3 is 0 Å². The van der Waals surface area contributed by atoms with Gasteiger partial charge in [-0.25, -0.2) is 0 Å². The molecule has 0 fully saturated rings. The van der Waals surface area contributed by atoms with Crippen LogP contribution in [0.25, 0.3) is 0 Å². The van der Waals surface area contributed by atoms with Gasteiger partial charge in [0.05, 0.1) is 0 Å². The van der Waals surface area contributed by atoms with Gasteiger partial charge < -0.3 is 5.32 Å². The van der Waals surface area contributed by atoms with E-state index in [0.717, 1.165) is 12.1 Å². The monoisotopic (exact) mass is 205 g/mol. The zero-order valence-corrected chi connectivity index (χ0v) is 8.79. The average molecular weight is 205 g/mol. The molecule has 0 unspecified atom stereocenters. The van der Waals surface area contributed by atoms with Crippen LogP contribution in [0.5, 0.6) is 0 Å². The standard InChI is InChI=1S/C11H13N2S/c12-11(14)13-10-6-5-8-3-1-2-4-9(8)7-10/h5-7,12H,1-4H2,(H,13,14). The second kappa shape index (κ2) is 3.96. The van der Waals surface area contributed by atoms with Gasteiger partial charge in [0.1, 0.15) is 0 Å². The fourth-order valence-electron chi connectivity index (χ4n) is 1.94. The van der Waals surface area contributed by atoms with Crippen LogP contribution in [-0.4, -0.2) is 5.11 Å². The third-order valence-corrected chi connectivity index (χ3v) is 2.71. The molecule has 2 N–H and O–H groups in total. The molecule has 0 saturated carbocycles. The maximum atomic E-state index is 7.18. The summed E-state index contributed by atoms with van der Waals surface area (Å²) in [7, 11) is 0. The topological polar surface area (TPSA) is 35.8 Å². The van der Waals surface area contributed by atoms with Gasteiger partial charge in [0.25, 0.3) is 0 Å². The Morgan fingerprint density at radius 2 is 1.93 bits per heavy atom. The Labute approximate surface area is 89.5 Å². The molecule has 0 aliphatic heterocycles. The van der Waals surface area contributed by atoms with Crippen LogP contribution >= 0.6 is 12.2 Å². The number of aryl methyl sites for hydroxylation is 2. The summed E-state index contributed by atoms with van der Waals surface area (Å²) in [6, 6.07) is 6.27. The van der Waals surface area contributed by atoms with E-state index in [-0.39, 0.29) is 5.11 Å². The van der Waals surface area contributed by atoms with Gasteiger partial charge in [-0.05, 0) is 61.2 Å². The molecule has 0 heterocycles. The summed E-state index contributed by atoms with van der Waals surface area (Å²) in [6.07, 6.45) is 4.94. The minimum Gasteiger partial charge on any atom is -0.331 e. The van der Waals surface area contributed by atoms with Gasteiger partial charge in [-0.2, -0.15) is 0 Å². The quantitative estimate of drug-likeness (QED) is 0.715.